The molecule has 0 saturated carbocycles. The normalized spacial score (nSPS) is 12.6. The number of aryl methyl sites for hydroxylation is 3. The number of rotatable bonds is 2. The topological polar surface area (TPSA) is 26.0 Å². The van der Waals surface area contributed by atoms with E-state index < -0.39 is 23.5 Å². The molecule has 20 heavy (non-hydrogen) atoms. The monoisotopic (exact) mass is 279 g/mol. The highest BCUT2D eigenvalue weighted by molar-refractivity contribution is 5.42. The fourth-order valence-corrected chi connectivity index (χ4v) is 2.25. The molecule has 0 amide bonds. The van der Waals surface area contributed by atoms with Crippen molar-refractivity contribution in [1.82, 2.24) is 0 Å². The van der Waals surface area contributed by atoms with Gasteiger partial charge in [-0.1, -0.05) is 12.1 Å². The first kappa shape index (κ1) is 14.6. The second kappa shape index (κ2) is 5.29. The Hall–Kier alpha value is -1.81. The Morgan fingerprint density at radius 1 is 0.800 bits per heavy atom. The average Bonchev–Trinajstić information content (AvgIpc) is 2.38. The predicted molar refractivity (Wildman–Crippen MR) is 73.0 cm³/mol. The van der Waals surface area contributed by atoms with E-state index in [1.54, 1.807) is 0 Å². The largest absolute Gasteiger partial charge is 0.320 e. The molecule has 0 spiro atoms. The van der Waals surface area contributed by atoms with Crippen molar-refractivity contribution < 1.29 is 13.2 Å². The molecule has 0 radical (unpaired) electrons. The van der Waals surface area contributed by atoms with Crippen molar-refractivity contribution in [1.29, 1.82) is 0 Å². The first-order valence-electron chi connectivity index (χ1n) is 6.29. The van der Waals surface area contributed by atoms with Crippen molar-refractivity contribution in [2.75, 3.05) is 0 Å². The van der Waals surface area contributed by atoms with E-state index in [-0.39, 0.29) is 5.56 Å². The highest BCUT2D eigenvalue weighted by Crippen LogP contribution is 2.27. The first-order chi connectivity index (χ1) is 9.31. The Balaban J connectivity index is 2.51. The minimum atomic E-state index is -1.47. The second-order valence-electron chi connectivity index (χ2n) is 5.07. The average molecular weight is 279 g/mol. The van der Waals surface area contributed by atoms with Crippen molar-refractivity contribution in [3.05, 3.63) is 69.5 Å². The first-order valence-corrected chi connectivity index (χ1v) is 6.29. The van der Waals surface area contributed by atoms with Crippen LogP contribution in [0.3, 0.4) is 0 Å². The van der Waals surface area contributed by atoms with Crippen LogP contribution < -0.4 is 5.73 Å². The summed E-state index contributed by atoms with van der Waals surface area (Å²) in [6.07, 6.45) is 0. The smallest absolute Gasteiger partial charge is 0.194 e. The summed E-state index contributed by atoms with van der Waals surface area (Å²) in [7, 11) is 0. The summed E-state index contributed by atoms with van der Waals surface area (Å²) < 4.78 is 39.6. The lowest BCUT2D eigenvalue weighted by atomic mass is 9.92. The lowest BCUT2D eigenvalue weighted by molar-refractivity contribution is 0.444. The molecule has 2 aromatic carbocycles. The van der Waals surface area contributed by atoms with Crippen LogP contribution in [0, 0.1) is 38.2 Å². The molecular formula is C16H16F3N. The summed E-state index contributed by atoms with van der Waals surface area (Å²) >= 11 is 0. The van der Waals surface area contributed by atoms with Crippen LogP contribution in [-0.4, -0.2) is 0 Å². The number of hydrogen-bond donors (Lipinski definition) is 1. The Kier molecular flexibility index (Phi) is 3.86. The van der Waals surface area contributed by atoms with Crippen molar-refractivity contribution in [3.8, 4) is 0 Å². The molecule has 1 unspecified atom stereocenters. The van der Waals surface area contributed by atoms with Crippen LogP contribution >= 0.6 is 0 Å². The molecule has 1 atom stereocenters. The van der Waals surface area contributed by atoms with Crippen LogP contribution in [-0.2, 0) is 0 Å². The van der Waals surface area contributed by atoms with Crippen LogP contribution in [0.4, 0.5) is 13.2 Å². The van der Waals surface area contributed by atoms with Crippen LogP contribution in [0.25, 0.3) is 0 Å². The third-order valence-corrected chi connectivity index (χ3v) is 3.58. The maximum atomic E-state index is 13.3. The van der Waals surface area contributed by atoms with Gasteiger partial charge in [-0.05, 0) is 60.7 Å². The van der Waals surface area contributed by atoms with Gasteiger partial charge in [0.2, 0.25) is 0 Å². The molecule has 1 nitrogen and oxygen atoms in total. The fraction of sp³-hybridized carbons (Fsp3) is 0.250. The van der Waals surface area contributed by atoms with E-state index >= 15 is 0 Å². The van der Waals surface area contributed by atoms with E-state index in [9.17, 15) is 13.2 Å². The third kappa shape index (κ3) is 2.56. The summed E-state index contributed by atoms with van der Waals surface area (Å²) in [6, 6.07) is 5.06. The number of hydrogen-bond acceptors (Lipinski definition) is 1. The molecule has 0 aliphatic heterocycles. The highest BCUT2D eigenvalue weighted by Gasteiger charge is 2.17. The van der Waals surface area contributed by atoms with Gasteiger partial charge in [0.05, 0.1) is 6.04 Å². The lowest BCUT2D eigenvalue weighted by Gasteiger charge is -2.17. The molecule has 0 aliphatic rings. The van der Waals surface area contributed by atoms with Gasteiger partial charge >= 0.3 is 0 Å². The fourth-order valence-electron chi connectivity index (χ4n) is 2.25. The molecule has 0 aliphatic carbocycles. The maximum absolute atomic E-state index is 13.3. The van der Waals surface area contributed by atoms with Gasteiger partial charge in [0.25, 0.3) is 0 Å². The van der Waals surface area contributed by atoms with Crippen molar-refractivity contribution in [2.24, 2.45) is 5.73 Å². The van der Waals surface area contributed by atoms with E-state index in [1.807, 2.05) is 32.9 Å². The van der Waals surface area contributed by atoms with E-state index in [0.29, 0.717) is 0 Å². The molecule has 4 heteroatoms. The van der Waals surface area contributed by atoms with Crippen LogP contribution in [0.2, 0.25) is 0 Å². The molecule has 0 aromatic heterocycles. The molecule has 0 bridgehead atoms. The highest BCUT2D eigenvalue weighted by atomic mass is 19.2. The third-order valence-electron chi connectivity index (χ3n) is 3.58. The predicted octanol–water partition coefficient (Wildman–Crippen LogP) is 4.08. The molecule has 0 fully saturated rings. The zero-order valence-electron chi connectivity index (χ0n) is 11.6. The van der Waals surface area contributed by atoms with E-state index in [0.717, 1.165) is 34.4 Å². The Labute approximate surface area is 116 Å². The van der Waals surface area contributed by atoms with Gasteiger partial charge in [0, 0.05) is 0 Å². The SMILES string of the molecule is Cc1cc(C)c(C(N)c2cc(F)c(F)c(F)c2)cc1C. The van der Waals surface area contributed by atoms with Gasteiger partial charge in [0.15, 0.2) is 17.5 Å². The standard InChI is InChI=1S/C16H16F3N/c1-8-4-10(3)12(5-9(8)2)16(20)11-6-13(17)15(19)14(18)7-11/h4-7,16H,20H2,1-3H3. The molecule has 0 heterocycles. The van der Waals surface area contributed by atoms with Crippen molar-refractivity contribution >= 4 is 0 Å². The summed E-state index contributed by atoms with van der Waals surface area (Å²) in [4.78, 5) is 0. The van der Waals surface area contributed by atoms with Crippen molar-refractivity contribution in [2.45, 2.75) is 26.8 Å². The minimum absolute atomic E-state index is 0.216. The second-order valence-corrected chi connectivity index (χ2v) is 5.07. The van der Waals surface area contributed by atoms with E-state index in [2.05, 4.69) is 0 Å². The van der Waals surface area contributed by atoms with Crippen molar-refractivity contribution in [3.63, 3.8) is 0 Å². The Morgan fingerprint density at radius 2 is 1.30 bits per heavy atom. The summed E-state index contributed by atoms with van der Waals surface area (Å²) in [5.74, 6) is -3.92. The van der Waals surface area contributed by atoms with Gasteiger partial charge in [0.1, 0.15) is 0 Å². The van der Waals surface area contributed by atoms with E-state index in [4.69, 9.17) is 5.73 Å². The van der Waals surface area contributed by atoms with E-state index in [1.165, 1.54) is 0 Å². The Bertz CT molecular complexity index is 642. The molecule has 0 saturated heterocycles. The van der Waals surface area contributed by atoms with Gasteiger partial charge in [-0.3, -0.25) is 0 Å². The molecule has 106 valence electrons. The molecular weight excluding hydrogens is 263 g/mol. The minimum Gasteiger partial charge on any atom is -0.320 e. The van der Waals surface area contributed by atoms with Gasteiger partial charge < -0.3 is 5.73 Å². The zero-order chi connectivity index (χ0) is 15.0. The zero-order valence-corrected chi connectivity index (χ0v) is 11.6. The summed E-state index contributed by atoms with van der Waals surface area (Å²) in [5.41, 5.74) is 10.2. The van der Waals surface area contributed by atoms with Gasteiger partial charge in [-0.25, -0.2) is 13.2 Å². The van der Waals surface area contributed by atoms with Crippen LogP contribution in [0.1, 0.15) is 33.9 Å². The quantitative estimate of drug-likeness (QED) is 0.824. The summed E-state index contributed by atoms with van der Waals surface area (Å²) in [5, 5.41) is 0. The summed E-state index contributed by atoms with van der Waals surface area (Å²) in [6.45, 7) is 5.81. The lowest BCUT2D eigenvalue weighted by Crippen LogP contribution is -2.15. The maximum Gasteiger partial charge on any atom is 0.194 e. The molecule has 2 rings (SSSR count). The molecule has 2 aromatic rings. The van der Waals surface area contributed by atoms with Gasteiger partial charge in [-0.2, -0.15) is 0 Å². The number of halogens is 3. The molecule has 2 N–H and O–H groups in total. The number of benzene rings is 2. The Morgan fingerprint density at radius 3 is 1.85 bits per heavy atom. The van der Waals surface area contributed by atoms with Crippen LogP contribution in [0.15, 0.2) is 24.3 Å². The van der Waals surface area contributed by atoms with Crippen LogP contribution in [0.5, 0.6) is 0 Å². The van der Waals surface area contributed by atoms with Gasteiger partial charge in [-0.15, -0.1) is 0 Å². The number of nitrogens with two attached hydrogens (primary N) is 1.